The molecule has 3 heterocycles. The van der Waals surface area contributed by atoms with Crippen molar-refractivity contribution in [3.05, 3.63) is 47.5 Å². The zero-order valence-corrected chi connectivity index (χ0v) is 19.7. The van der Waals surface area contributed by atoms with Gasteiger partial charge in [0.15, 0.2) is 5.65 Å². The molecule has 1 fully saturated rings. The van der Waals surface area contributed by atoms with Crippen molar-refractivity contribution < 1.29 is 17.9 Å². The zero-order valence-electron chi connectivity index (χ0n) is 17.5. The first-order chi connectivity index (χ1) is 15.4. The van der Waals surface area contributed by atoms with E-state index in [1.165, 1.54) is 18.5 Å². The highest BCUT2D eigenvalue weighted by atomic mass is 127. The lowest BCUT2D eigenvalue weighted by atomic mass is 10.1. The molecule has 0 amide bonds. The molecule has 32 heavy (non-hydrogen) atoms. The van der Waals surface area contributed by atoms with E-state index in [9.17, 15) is 13.2 Å². The lowest BCUT2D eigenvalue weighted by Crippen LogP contribution is -2.44. The van der Waals surface area contributed by atoms with Crippen LogP contribution in [0.4, 0.5) is 24.7 Å². The molecular formula is C21H22F3IN6O. The Bertz CT molecular complexity index is 1110. The summed E-state index contributed by atoms with van der Waals surface area (Å²) >= 11 is 1.96. The number of anilines is 2. The van der Waals surface area contributed by atoms with Crippen LogP contribution in [0.2, 0.25) is 0 Å². The molecule has 0 saturated carbocycles. The summed E-state index contributed by atoms with van der Waals surface area (Å²) in [5, 5.41) is 3.76. The number of likely N-dealkylation sites (N-methyl/N-ethyl adjacent to an activating group) is 1. The second-order valence-corrected chi connectivity index (χ2v) is 8.70. The van der Waals surface area contributed by atoms with E-state index >= 15 is 0 Å². The summed E-state index contributed by atoms with van der Waals surface area (Å²) in [5.74, 6) is -0.0270. The Balaban J connectivity index is 1.70. The number of hydrogen-bond acceptors (Lipinski definition) is 7. The normalized spacial score (nSPS) is 15.9. The Morgan fingerprint density at radius 3 is 2.53 bits per heavy atom. The van der Waals surface area contributed by atoms with Crippen LogP contribution in [0.25, 0.3) is 11.0 Å². The van der Waals surface area contributed by atoms with Crippen molar-refractivity contribution in [2.24, 2.45) is 0 Å². The second-order valence-electron chi connectivity index (χ2n) is 7.46. The van der Waals surface area contributed by atoms with Crippen LogP contribution in [0.3, 0.4) is 0 Å². The second kappa shape index (κ2) is 9.61. The van der Waals surface area contributed by atoms with Crippen LogP contribution in [0.15, 0.2) is 30.6 Å². The molecular weight excluding hydrogens is 536 g/mol. The van der Waals surface area contributed by atoms with E-state index in [4.69, 9.17) is 4.74 Å². The Hall–Kier alpha value is -2.41. The predicted octanol–water partition coefficient (Wildman–Crippen LogP) is 4.41. The lowest BCUT2D eigenvalue weighted by Gasteiger charge is -2.34. The molecule has 3 aromatic rings. The van der Waals surface area contributed by atoms with Crippen LogP contribution >= 0.6 is 22.6 Å². The van der Waals surface area contributed by atoms with Gasteiger partial charge >= 0.3 is 0 Å². The standard InChI is InChI=1S/C21H22F3IN6O/c1-30-6-8-31(9-7-30)15-10-14-19(26-11-27-20(14)29-21(15)32-2)28-18(25)13-5-3-4-12(16(13)22)17(23)24/h3-5,10-11,17-18H,6-9H2,1-2H3,(H,26,27,28,29)/t18-/m0/s1. The molecule has 1 aliphatic rings. The first-order valence-corrected chi connectivity index (χ1v) is 11.2. The van der Waals surface area contributed by atoms with E-state index in [2.05, 4.69) is 37.1 Å². The van der Waals surface area contributed by atoms with E-state index in [0.29, 0.717) is 22.7 Å². The number of piperazine rings is 1. The number of fused-ring (bicyclic) bond motifs is 1. The summed E-state index contributed by atoms with van der Waals surface area (Å²) < 4.78 is 45.7. The van der Waals surface area contributed by atoms with E-state index in [0.717, 1.165) is 37.9 Å². The van der Waals surface area contributed by atoms with Crippen molar-refractivity contribution in [1.82, 2.24) is 19.9 Å². The fourth-order valence-electron chi connectivity index (χ4n) is 3.63. The summed E-state index contributed by atoms with van der Waals surface area (Å²) in [5.41, 5.74) is 0.739. The minimum absolute atomic E-state index is 0.121. The number of alkyl halides is 3. The van der Waals surface area contributed by atoms with Gasteiger partial charge < -0.3 is 19.9 Å². The number of nitrogens with zero attached hydrogens (tertiary/aromatic N) is 5. The van der Waals surface area contributed by atoms with Crippen molar-refractivity contribution in [2.75, 3.05) is 50.6 Å². The summed E-state index contributed by atoms with van der Waals surface area (Å²) in [6, 6.07) is 5.89. The molecule has 11 heteroatoms. The van der Waals surface area contributed by atoms with Crippen LogP contribution in [0.5, 0.6) is 5.88 Å². The molecule has 1 saturated heterocycles. The van der Waals surface area contributed by atoms with Gasteiger partial charge in [0.05, 0.1) is 18.1 Å². The topological polar surface area (TPSA) is 66.4 Å². The highest BCUT2D eigenvalue weighted by Gasteiger charge is 2.23. The Morgan fingerprint density at radius 2 is 1.84 bits per heavy atom. The molecule has 0 spiro atoms. The monoisotopic (exact) mass is 558 g/mol. The maximum absolute atomic E-state index is 14.6. The van der Waals surface area contributed by atoms with E-state index in [1.54, 1.807) is 7.11 Å². The number of benzene rings is 1. The van der Waals surface area contributed by atoms with Crippen molar-refractivity contribution in [1.29, 1.82) is 0 Å². The first kappa shape index (κ1) is 22.8. The van der Waals surface area contributed by atoms with Gasteiger partial charge in [-0.2, -0.15) is 4.98 Å². The van der Waals surface area contributed by atoms with E-state index < -0.39 is 21.9 Å². The number of methoxy groups -OCH3 is 1. The fourth-order valence-corrected chi connectivity index (χ4v) is 4.41. The molecule has 0 bridgehead atoms. The number of nitrogens with one attached hydrogen (secondary N) is 1. The Kier molecular flexibility index (Phi) is 6.84. The SMILES string of the molecule is COc1nc2ncnc(N[C@H](I)c3cccc(C(F)F)c3F)c2cc1N1CCN(C)CC1. The fraction of sp³-hybridized carbons (Fsp3) is 0.381. The van der Waals surface area contributed by atoms with E-state index in [-0.39, 0.29) is 5.56 Å². The van der Waals surface area contributed by atoms with Gasteiger partial charge in [0.1, 0.15) is 27.7 Å². The number of ether oxygens (including phenoxy) is 1. The Morgan fingerprint density at radius 1 is 1.12 bits per heavy atom. The molecule has 2 aromatic heterocycles. The minimum Gasteiger partial charge on any atom is -0.479 e. The third kappa shape index (κ3) is 4.53. The number of aromatic nitrogens is 3. The molecule has 7 nitrogen and oxygen atoms in total. The summed E-state index contributed by atoms with van der Waals surface area (Å²) in [7, 11) is 3.64. The van der Waals surface area contributed by atoms with Gasteiger partial charge in [0.25, 0.3) is 6.43 Å². The first-order valence-electron chi connectivity index (χ1n) is 9.99. The van der Waals surface area contributed by atoms with Gasteiger partial charge in [-0.25, -0.2) is 23.1 Å². The maximum Gasteiger partial charge on any atom is 0.266 e. The zero-order chi connectivity index (χ0) is 22.8. The number of pyridine rings is 1. The maximum atomic E-state index is 14.6. The molecule has 170 valence electrons. The molecule has 0 radical (unpaired) electrons. The predicted molar refractivity (Wildman–Crippen MR) is 125 cm³/mol. The van der Waals surface area contributed by atoms with Crippen molar-refractivity contribution in [2.45, 2.75) is 10.5 Å². The lowest BCUT2D eigenvalue weighted by molar-refractivity contribution is 0.146. The summed E-state index contributed by atoms with van der Waals surface area (Å²) in [6.07, 6.45) is -1.54. The summed E-state index contributed by atoms with van der Waals surface area (Å²) in [6.45, 7) is 3.45. The van der Waals surface area contributed by atoms with Crippen LogP contribution in [-0.2, 0) is 0 Å². The molecule has 0 aliphatic carbocycles. The smallest absolute Gasteiger partial charge is 0.266 e. The van der Waals surface area contributed by atoms with Crippen molar-refractivity contribution >= 4 is 45.1 Å². The van der Waals surface area contributed by atoms with Gasteiger partial charge in [-0.15, -0.1) is 0 Å². The van der Waals surface area contributed by atoms with Gasteiger partial charge in [0.2, 0.25) is 5.88 Å². The van der Waals surface area contributed by atoms with Gasteiger partial charge in [0, 0.05) is 31.7 Å². The summed E-state index contributed by atoms with van der Waals surface area (Å²) in [4.78, 5) is 17.5. The largest absolute Gasteiger partial charge is 0.479 e. The average molecular weight is 558 g/mol. The third-order valence-electron chi connectivity index (χ3n) is 5.44. The van der Waals surface area contributed by atoms with Gasteiger partial charge in [-0.1, -0.05) is 40.8 Å². The van der Waals surface area contributed by atoms with Gasteiger partial charge in [-0.05, 0) is 13.1 Å². The van der Waals surface area contributed by atoms with Gasteiger partial charge in [-0.3, -0.25) is 0 Å². The number of halogens is 4. The highest BCUT2D eigenvalue weighted by Crippen LogP contribution is 2.36. The average Bonchev–Trinajstić information content (AvgIpc) is 2.79. The molecule has 1 aliphatic heterocycles. The molecule has 4 rings (SSSR count). The molecule has 1 aromatic carbocycles. The van der Waals surface area contributed by atoms with Crippen LogP contribution in [0.1, 0.15) is 21.6 Å². The van der Waals surface area contributed by atoms with Crippen LogP contribution < -0.4 is 15.0 Å². The minimum atomic E-state index is -2.89. The van der Waals surface area contributed by atoms with Crippen molar-refractivity contribution in [3.8, 4) is 5.88 Å². The molecule has 1 N–H and O–H groups in total. The quantitative estimate of drug-likeness (QED) is 0.273. The van der Waals surface area contributed by atoms with Crippen LogP contribution in [-0.4, -0.2) is 60.2 Å². The third-order valence-corrected chi connectivity index (χ3v) is 6.42. The highest BCUT2D eigenvalue weighted by molar-refractivity contribution is 14.1. The van der Waals surface area contributed by atoms with Crippen molar-refractivity contribution in [3.63, 3.8) is 0 Å². The Labute approximate surface area is 197 Å². The van der Waals surface area contributed by atoms with Crippen LogP contribution in [0, 0.1) is 5.82 Å². The number of rotatable bonds is 6. The van der Waals surface area contributed by atoms with E-state index in [1.807, 2.05) is 28.7 Å². The molecule has 0 unspecified atom stereocenters. The number of hydrogen-bond donors (Lipinski definition) is 1. The molecule has 1 atom stereocenters.